The van der Waals surface area contributed by atoms with Crippen LogP contribution in [0.3, 0.4) is 0 Å². The van der Waals surface area contributed by atoms with Gasteiger partial charge in [0.05, 0.1) is 0 Å². The van der Waals surface area contributed by atoms with Crippen LogP contribution in [0, 0.1) is 5.92 Å². The number of rotatable bonds is 6. The fourth-order valence-electron chi connectivity index (χ4n) is 2.10. The van der Waals surface area contributed by atoms with Crippen LogP contribution in [0.15, 0.2) is 0 Å². The zero-order valence-corrected chi connectivity index (χ0v) is 11.8. The number of alkyl halides is 1. The van der Waals surface area contributed by atoms with Crippen molar-refractivity contribution >= 4 is 17.5 Å². The number of carbonyl (C=O) groups excluding carboxylic acids is 1. The Morgan fingerprint density at radius 2 is 2.12 bits per heavy atom. The number of hydrogen-bond donors (Lipinski definition) is 1. The maximum atomic E-state index is 11.7. The van der Waals surface area contributed by atoms with E-state index in [9.17, 15) is 4.79 Å². The second-order valence-electron chi connectivity index (χ2n) is 5.03. The van der Waals surface area contributed by atoms with Gasteiger partial charge >= 0.3 is 0 Å². The number of halogens is 1. The molecule has 0 aromatic carbocycles. The molecule has 3 nitrogen and oxygen atoms in total. The highest BCUT2D eigenvalue weighted by molar-refractivity contribution is 6.19. The van der Waals surface area contributed by atoms with Crippen LogP contribution in [0.1, 0.15) is 39.5 Å². The lowest BCUT2D eigenvalue weighted by molar-refractivity contribution is -0.124. The Labute approximate surface area is 110 Å². The molecular formula is C13H25ClN2O. The largest absolute Gasteiger partial charge is 0.353 e. The summed E-state index contributed by atoms with van der Waals surface area (Å²) in [4.78, 5) is 14.2. The van der Waals surface area contributed by atoms with Crippen LogP contribution in [0.25, 0.3) is 0 Å². The Balaban J connectivity index is 2.20. The van der Waals surface area contributed by atoms with E-state index in [4.69, 9.17) is 11.6 Å². The van der Waals surface area contributed by atoms with Crippen molar-refractivity contribution in [3.05, 3.63) is 0 Å². The summed E-state index contributed by atoms with van der Waals surface area (Å²) >= 11 is 5.68. The van der Waals surface area contributed by atoms with Gasteiger partial charge in [-0.05, 0) is 25.8 Å². The van der Waals surface area contributed by atoms with Crippen LogP contribution in [0.2, 0.25) is 0 Å². The summed E-state index contributed by atoms with van der Waals surface area (Å²) in [6, 6.07) is 0.353. The fourth-order valence-corrected chi connectivity index (χ4v) is 2.24. The molecular weight excluding hydrogens is 236 g/mol. The predicted octanol–water partition coefficient (Wildman–Crippen LogP) is 2.24. The van der Waals surface area contributed by atoms with E-state index in [1.165, 1.54) is 19.4 Å². The Bertz CT molecular complexity index is 227. The lowest BCUT2D eigenvalue weighted by Gasteiger charge is -2.32. The lowest BCUT2D eigenvalue weighted by Crippen LogP contribution is -2.46. The smallest absolute Gasteiger partial charge is 0.224 e. The molecule has 0 aromatic heterocycles. The second kappa shape index (κ2) is 7.93. The van der Waals surface area contributed by atoms with E-state index < -0.39 is 0 Å². The van der Waals surface area contributed by atoms with Crippen molar-refractivity contribution in [3.63, 3.8) is 0 Å². The Hall–Kier alpha value is -0.280. The number of nitrogens with zero attached hydrogens (tertiary/aromatic N) is 1. The minimum Gasteiger partial charge on any atom is -0.353 e. The molecule has 0 spiro atoms. The maximum Gasteiger partial charge on any atom is 0.224 e. The molecule has 1 unspecified atom stereocenters. The van der Waals surface area contributed by atoms with E-state index in [0.717, 1.165) is 25.9 Å². The first kappa shape index (κ1) is 14.8. The van der Waals surface area contributed by atoms with Gasteiger partial charge in [-0.25, -0.2) is 0 Å². The number of carbonyl (C=O) groups is 1. The first-order valence-corrected chi connectivity index (χ1v) is 7.29. The summed E-state index contributed by atoms with van der Waals surface area (Å²) in [5.41, 5.74) is 0. The van der Waals surface area contributed by atoms with Gasteiger partial charge < -0.3 is 10.2 Å². The third kappa shape index (κ3) is 5.26. The maximum absolute atomic E-state index is 11.7. The lowest BCUT2D eigenvalue weighted by atomic mass is 10.0. The van der Waals surface area contributed by atoms with Crippen LogP contribution in [-0.2, 0) is 4.79 Å². The molecule has 1 aliphatic heterocycles. The first-order valence-electron chi connectivity index (χ1n) is 6.76. The zero-order valence-electron chi connectivity index (χ0n) is 11.0. The molecule has 17 heavy (non-hydrogen) atoms. The number of likely N-dealkylation sites (tertiary alicyclic amines) is 1. The van der Waals surface area contributed by atoms with Crippen molar-refractivity contribution in [1.82, 2.24) is 10.2 Å². The molecule has 1 atom stereocenters. The van der Waals surface area contributed by atoms with Crippen LogP contribution < -0.4 is 5.32 Å². The van der Waals surface area contributed by atoms with Gasteiger partial charge in [0.1, 0.15) is 0 Å². The van der Waals surface area contributed by atoms with Crippen LogP contribution >= 0.6 is 11.6 Å². The first-order chi connectivity index (χ1) is 8.17. The minimum absolute atomic E-state index is 0.0743. The molecule has 4 heteroatoms. The second-order valence-corrected chi connectivity index (χ2v) is 5.34. The van der Waals surface area contributed by atoms with Crippen molar-refractivity contribution in [3.8, 4) is 0 Å². The molecule has 100 valence electrons. The molecule has 1 rings (SSSR count). The van der Waals surface area contributed by atoms with E-state index in [1.807, 2.05) is 6.92 Å². The molecule has 1 N–H and O–H groups in total. The Morgan fingerprint density at radius 3 is 2.65 bits per heavy atom. The van der Waals surface area contributed by atoms with Crippen molar-refractivity contribution in [2.45, 2.75) is 45.6 Å². The average Bonchev–Trinajstić information content (AvgIpc) is 2.37. The molecule has 0 bridgehead atoms. The van der Waals surface area contributed by atoms with Gasteiger partial charge in [0.15, 0.2) is 0 Å². The molecule has 1 saturated heterocycles. The molecule has 0 radical (unpaired) electrons. The summed E-state index contributed by atoms with van der Waals surface area (Å²) in [6.45, 7) is 7.52. The monoisotopic (exact) mass is 260 g/mol. The number of piperidine rings is 1. The Morgan fingerprint density at radius 1 is 1.47 bits per heavy atom. The fraction of sp³-hybridized carbons (Fsp3) is 0.923. The zero-order chi connectivity index (χ0) is 12.7. The summed E-state index contributed by atoms with van der Waals surface area (Å²) in [7, 11) is 0. The molecule has 0 aromatic rings. The summed E-state index contributed by atoms with van der Waals surface area (Å²) in [6.07, 6.45) is 4.68. The van der Waals surface area contributed by atoms with Crippen molar-refractivity contribution in [1.29, 1.82) is 0 Å². The summed E-state index contributed by atoms with van der Waals surface area (Å²) in [5, 5.41) is 3.10. The molecule has 0 aliphatic carbocycles. The molecule has 1 heterocycles. The van der Waals surface area contributed by atoms with Gasteiger partial charge in [-0.3, -0.25) is 4.79 Å². The predicted molar refractivity (Wildman–Crippen MR) is 72.4 cm³/mol. The van der Waals surface area contributed by atoms with Crippen molar-refractivity contribution in [2.75, 3.05) is 25.5 Å². The van der Waals surface area contributed by atoms with Gasteiger partial charge in [-0.2, -0.15) is 0 Å². The van der Waals surface area contributed by atoms with E-state index in [-0.39, 0.29) is 11.8 Å². The standard InChI is InChI=1S/C13H25ClN2O/c1-3-4-7-16-8-5-12(6-9-16)15-13(17)11(2)10-14/h11-12H,3-10H2,1-2H3,(H,15,17). The van der Waals surface area contributed by atoms with Gasteiger partial charge in [-0.15, -0.1) is 11.6 Å². The number of hydrogen-bond acceptors (Lipinski definition) is 2. The van der Waals surface area contributed by atoms with Crippen LogP contribution in [0.5, 0.6) is 0 Å². The molecule has 1 aliphatic rings. The highest BCUT2D eigenvalue weighted by Crippen LogP contribution is 2.12. The SMILES string of the molecule is CCCCN1CCC(NC(=O)C(C)CCl)CC1. The third-order valence-corrected chi connectivity index (χ3v) is 3.90. The summed E-state index contributed by atoms with van der Waals surface area (Å²) in [5.74, 6) is 0.433. The molecule has 1 amide bonds. The summed E-state index contributed by atoms with van der Waals surface area (Å²) < 4.78 is 0. The number of nitrogens with one attached hydrogen (secondary N) is 1. The van der Waals surface area contributed by atoms with E-state index in [2.05, 4.69) is 17.1 Å². The van der Waals surface area contributed by atoms with Gasteiger partial charge in [0.2, 0.25) is 5.91 Å². The van der Waals surface area contributed by atoms with Gasteiger partial charge in [0, 0.05) is 30.9 Å². The quantitative estimate of drug-likeness (QED) is 0.743. The average molecular weight is 261 g/mol. The topological polar surface area (TPSA) is 32.3 Å². The van der Waals surface area contributed by atoms with E-state index >= 15 is 0 Å². The molecule has 1 fully saturated rings. The van der Waals surface area contributed by atoms with Crippen LogP contribution in [0.4, 0.5) is 0 Å². The van der Waals surface area contributed by atoms with Gasteiger partial charge in [0.25, 0.3) is 0 Å². The minimum atomic E-state index is -0.0743. The van der Waals surface area contributed by atoms with Crippen LogP contribution in [-0.4, -0.2) is 42.4 Å². The van der Waals surface area contributed by atoms with E-state index in [0.29, 0.717) is 11.9 Å². The number of unbranched alkanes of at least 4 members (excludes halogenated alkanes) is 1. The third-order valence-electron chi connectivity index (χ3n) is 3.44. The Kier molecular flexibility index (Phi) is 6.90. The highest BCUT2D eigenvalue weighted by atomic mass is 35.5. The van der Waals surface area contributed by atoms with Crippen molar-refractivity contribution in [2.24, 2.45) is 5.92 Å². The molecule has 0 saturated carbocycles. The van der Waals surface area contributed by atoms with Gasteiger partial charge in [-0.1, -0.05) is 20.3 Å². The van der Waals surface area contributed by atoms with Crippen molar-refractivity contribution < 1.29 is 4.79 Å². The van der Waals surface area contributed by atoms with E-state index in [1.54, 1.807) is 0 Å². The normalized spacial score (nSPS) is 20.2. The number of amides is 1. The highest BCUT2D eigenvalue weighted by Gasteiger charge is 2.21.